The van der Waals surface area contributed by atoms with Crippen molar-refractivity contribution in [2.75, 3.05) is 18.8 Å². The van der Waals surface area contributed by atoms with E-state index in [0.29, 0.717) is 5.56 Å². The molecule has 31 heavy (non-hydrogen) atoms. The molecule has 1 fully saturated rings. The Kier molecular flexibility index (Phi) is 6.43. The first-order chi connectivity index (χ1) is 14.9. The van der Waals surface area contributed by atoms with Crippen molar-refractivity contribution < 1.29 is 8.42 Å². The summed E-state index contributed by atoms with van der Waals surface area (Å²) in [5.74, 6) is 0.216. The van der Waals surface area contributed by atoms with Crippen LogP contribution in [0.5, 0.6) is 0 Å². The van der Waals surface area contributed by atoms with E-state index in [0.717, 1.165) is 42.2 Å². The fraction of sp³-hybridized carbons (Fsp3) is 0.240. The van der Waals surface area contributed by atoms with Gasteiger partial charge in [0.15, 0.2) is 9.84 Å². The zero-order valence-electron chi connectivity index (χ0n) is 17.0. The number of benzene rings is 3. The molecule has 6 heteroatoms. The van der Waals surface area contributed by atoms with E-state index in [9.17, 15) is 8.42 Å². The number of rotatable bonds is 6. The second kappa shape index (κ2) is 9.23. The van der Waals surface area contributed by atoms with Gasteiger partial charge in [-0.2, -0.15) is 5.26 Å². The van der Waals surface area contributed by atoms with Crippen LogP contribution in [-0.2, 0) is 16.4 Å². The molecule has 0 N–H and O–H groups in total. The van der Waals surface area contributed by atoms with Crippen LogP contribution in [0.15, 0.2) is 77.7 Å². The molecule has 0 unspecified atom stereocenters. The molecule has 0 aliphatic carbocycles. The fourth-order valence-electron chi connectivity index (χ4n) is 4.09. The Morgan fingerprint density at radius 3 is 2.52 bits per heavy atom. The summed E-state index contributed by atoms with van der Waals surface area (Å²) in [5, 5.41) is 9.74. The van der Waals surface area contributed by atoms with Crippen LogP contribution < -0.4 is 0 Å². The SMILES string of the molecule is N#Cc1cccc(S(=O)(=O)C[C@@H]2CCN(Cc3ccc(-c4cccc(Cl)c4)cc3)C2)c1. The molecule has 1 aliphatic rings. The van der Waals surface area contributed by atoms with Crippen LogP contribution in [0, 0.1) is 17.2 Å². The highest BCUT2D eigenvalue weighted by Crippen LogP contribution is 2.26. The van der Waals surface area contributed by atoms with E-state index in [-0.39, 0.29) is 16.6 Å². The van der Waals surface area contributed by atoms with Crippen LogP contribution in [0.25, 0.3) is 11.1 Å². The maximum Gasteiger partial charge on any atom is 0.178 e. The standard InChI is InChI=1S/C25H23ClN2O2S/c26-24-5-2-4-23(14-24)22-9-7-19(8-10-22)16-28-12-11-21(17-28)18-31(29,30)25-6-1-3-20(13-25)15-27/h1-10,13-14,21H,11-12,16-18H2/t21-/m1/s1. The highest BCUT2D eigenvalue weighted by Gasteiger charge is 2.28. The Balaban J connectivity index is 1.36. The molecule has 0 amide bonds. The minimum atomic E-state index is -3.40. The zero-order valence-corrected chi connectivity index (χ0v) is 18.6. The average Bonchev–Trinajstić information content (AvgIpc) is 3.20. The lowest BCUT2D eigenvalue weighted by molar-refractivity contribution is 0.320. The molecular weight excluding hydrogens is 428 g/mol. The van der Waals surface area contributed by atoms with Crippen LogP contribution in [-0.4, -0.2) is 32.2 Å². The molecule has 4 rings (SSSR count). The highest BCUT2D eigenvalue weighted by atomic mass is 35.5. The second-order valence-corrected chi connectivity index (χ2v) is 10.5. The third-order valence-electron chi connectivity index (χ3n) is 5.67. The first kappa shape index (κ1) is 21.6. The predicted molar refractivity (Wildman–Crippen MR) is 123 cm³/mol. The minimum Gasteiger partial charge on any atom is -0.299 e. The van der Waals surface area contributed by atoms with E-state index in [1.807, 2.05) is 30.3 Å². The van der Waals surface area contributed by atoms with Gasteiger partial charge in [-0.1, -0.05) is 54.1 Å². The van der Waals surface area contributed by atoms with Crippen molar-refractivity contribution >= 4 is 21.4 Å². The van der Waals surface area contributed by atoms with E-state index in [1.54, 1.807) is 18.2 Å². The first-order valence-electron chi connectivity index (χ1n) is 10.2. The summed E-state index contributed by atoms with van der Waals surface area (Å²) >= 11 is 6.09. The second-order valence-electron chi connectivity index (χ2n) is 8.02. The van der Waals surface area contributed by atoms with Crippen molar-refractivity contribution in [3.8, 4) is 17.2 Å². The third kappa shape index (κ3) is 5.34. The molecule has 0 spiro atoms. The molecule has 1 aliphatic heterocycles. The van der Waals surface area contributed by atoms with E-state index in [1.165, 1.54) is 11.6 Å². The van der Waals surface area contributed by atoms with Gasteiger partial charge in [-0.3, -0.25) is 4.90 Å². The molecular formula is C25H23ClN2O2S. The van der Waals surface area contributed by atoms with Gasteiger partial charge in [-0.15, -0.1) is 0 Å². The Morgan fingerprint density at radius 2 is 1.77 bits per heavy atom. The number of likely N-dealkylation sites (tertiary alicyclic amines) is 1. The Labute approximate surface area is 188 Å². The summed E-state index contributed by atoms with van der Waals surface area (Å²) < 4.78 is 25.6. The van der Waals surface area contributed by atoms with Crippen molar-refractivity contribution in [2.24, 2.45) is 5.92 Å². The minimum absolute atomic E-state index is 0.0986. The van der Waals surface area contributed by atoms with Crippen LogP contribution in [0.4, 0.5) is 0 Å². The fourth-order valence-corrected chi connectivity index (χ4v) is 5.95. The molecule has 0 aromatic heterocycles. The Bertz CT molecular complexity index is 1220. The van der Waals surface area contributed by atoms with Crippen LogP contribution in [0.3, 0.4) is 0 Å². The number of halogens is 1. The lowest BCUT2D eigenvalue weighted by atomic mass is 10.0. The summed E-state index contributed by atoms with van der Waals surface area (Å²) in [6.45, 7) is 2.44. The number of nitrogens with zero attached hydrogens (tertiary/aromatic N) is 2. The molecule has 0 saturated carbocycles. The molecule has 158 valence electrons. The molecule has 1 atom stereocenters. The molecule has 1 saturated heterocycles. The van der Waals surface area contributed by atoms with Crippen molar-refractivity contribution in [1.82, 2.24) is 4.90 Å². The quantitative estimate of drug-likeness (QED) is 0.519. The van der Waals surface area contributed by atoms with E-state index in [2.05, 4.69) is 29.2 Å². The Morgan fingerprint density at radius 1 is 1.00 bits per heavy atom. The van der Waals surface area contributed by atoms with Gasteiger partial charge < -0.3 is 0 Å². The summed E-state index contributed by atoms with van der Waals surface area (Å²) in [4.78, 5) is 2.54. The number of sulfone groups is 1. The normalized spacial score (nSPS) is 16.8. The van der Waals surface area contributed by atoms with Gasteiger partial charge in [0.25, 0.3) is 0 Å². The highest BCUT2D eigenvalue weighted by molar-refractivity contribution is 7.91. The molecule has 0 radical (unpaired) electrons. The van der Waals surface area contributed by atoms with Gasteiger partial charge in [0.05, 0.1) is 22.3 Å². The maximum absolute atomic E-state index is 12.8. The lowest BCUT2D eigenvalue weighted by Gasteiger charge is -2.16. The smallest absolute Gasteiger partial charge is 0.178 e. The van der Waals surface area contributed by atoms with E-state index < -0.39 is 9.84 Å². The van der Waals surface area contributed by atoms with Crippen molar-refractivity contribution in [3.63, 3.8) is 0 Å². The van der Waals surface area contributed by atoms with Gasteiger partial charge in [-0.05, 0) is 65.9 Å². The van der Waals surface area contributed by atoms with Crippen molar-refractivity contribution in [1.29, 1.82) is 5.26 Å². The number of nitriles is 1. The molecule has 3 aromatic carbocycles. The largest absolute Gasteiger partial charge is 0.299 e. The van der Waals surface area contributed by atoms with Gasteiger partial charge >= 0.3 is 0 Å². The lowest BCUT2D eigenvalue weighted by Crippen LogP contribution is -2.23. The van der Waals surface area contributed by atoms with E-state index in [4.69, 9.17) is 16.9 Å². The topological polar surface area (TPSA) is 61.2 Å². The third-order valence-corrected chi connectivity index (χ3v) is 7.78. The van der Waals surface area contributed by atoms with Crippen molar-refractivity contribution in [3.05, 3.63) is 88.9 Å². The number of hydrogen-bond donors (Lipinski definition) is 0. The molecule has 1 heterocycles. The van der Waals surface area contributed by atoms with Crippen molar-refractivity contribution in [2.45, 2.75) is 17.9 Å². The number of hydrogen-bond acceptors (Lipinski definition) is 4. The summed E-state index contributed by atoms with van der Waals surface area (Å²) in [7, 11) is -3.40. The molecule has 4 nitrogen and oxygen atoms in total. The summed E-state index contributed by atoms with van der Waals surface area (Å²) in [6, 6.07) is 24.5. The summed E-state index contributed by atoms with van der Waals surface area (Å²) in [6.07, 6.45) is 0.859. The maximum atomic E-state index is 12.8. The monoisotopic (exact) mass is 450 g/mol. The average molecular weight is 451 g/mol. The van der Waals surface area contributed by atoms with Crippen LogP contribution in [0.2, 0.25) is 5.02 Å². The zero-order chi connectivity index (χ0) is 21.8. The van der Waals surface area contributed by atoms with Gasteiger partial charge in [0.2, 0.25) is 0 Å². The summed E-state index contributed by atoms with van der Waals surface area (Å²) in [5.41, 5.74) is 3.79. The van der Waals surface area contributed by atoms with Gasteiger partial charge in [-0.25, -0.2) is 8.42 Å². The predicted octanol–water partition coefficient (Wildman–Crippen LogP) is 5.17. The molecule has 0 bridgehead atoms. The Hall–Kier alpha value is -2.65. The van der Waals surface area contributed by atoms with Gasteiger partial charge in [0.1, 0.15) is 0 Å². The van der Waals surface area contributed by atoms with Gasteiger partial charge in [0, 0.05) is 18.1 Å². The molecule has 3 aromatic rings. The van der Waals surface area contributed by atoms with Crippen LogP contribution >= 0.6 is 11.6 Å². The first-order valence-corrected chi connectivity index (χ1v) is 12.3. The van der Waals surface area contributed by atoms with E-state index >= 15 is 0 Å². The van der Waals surface area contributed by atoms with Crippen LogP contribution in [0.1, 0.15) is 17.5 Å².